The predicted octanol–water partition coefficient (Wildman–Crippen LogP) is 3.22. The zero-order chi connectivity index (χ0) is 13.4. The van der Waals surface area contributed by atoms with Crippen molar-refractivity contribution in [2.45, 2.75) is 19.4 Å². The minimum absolute atomic E-state index is 0.653. The van der Waals surface area contributed by atoms with E-state index in [-0.39, 0.29) is 0 Å². The monoisotopic (exact) mass is 284 g/mol. The van der Waals surface area contributed by atoms with E-state index in [4.69, 9.17) is 4.74 Å². The van der Waals surface area contributed by atoms with Gasteiger partial charge in [0.2, 0.25) is 0 Å². The fourth-order valence-electron chi connectivity index (χ4n) is 3.02. The lowest BCUT2D eigenvalue weighted by molar-refractivity contribution is 0.309. The van der Waals surface area contributed by atoms with E-state index in [1.165, 1.54) is 21.6 Å². The number of thiophene rings is 1. The standard InChI is InChI=1S/C16H16N2OS/c1-5-17-6-2-11(1)16-12-3-7-18-9-14(12)19-10-15-13(16)4-8-20-15/h3-4,7-9,17H,1-2,5-6,10H2. The largest absolute Gasteiger partial charge is 0.486 e. The van der Waals surface area contributed by atoms with Gasteiger partial charge in [0.25, 0.3) is 0 Å². The molecule has 2 aliphatic heterocycles. The fraction of sp³-hybridized carbons (Fsp3) is 0.312. The Balaban J connectivity index is 1.96. The second kappa shape index (κ2) is 5.04. The van der Waals surface area contributed by atoms with Gasteiger partial charge in [0.1, 0.15) is 12.4 Å². The number of nitrogens with one attached hydrogen (secondary N) is 1. The van der Waals surface area contributed by atoms with Crippen LogP contribution in [0.15, 0.2) is 35.5 Å². The Bertz CT molecular complexity index is 667. The molecular formula is C16H16N2OS. The zero-order valence-electron chi connectivity index (χ0n) is 11.2. The number of fused-ring (bicyclic) bond motifs is 2. The molecule has 1 fully saturated rings. The Morgan fingerprint density at radius 1 is 1.15 bits per heavy atom. The molecule has 2 aromatic heterocycles. The summed E-state index contributed by atoms with van der Waals surface area (Å²) in [6.07, 6.45) is 5.94. The van der Waals surface area contributed by atoms with Gasteiger partial charge in [-0.05, 0) is 54.6 Å². The molecular weight excluding hydrogens is 268 g/mol. The van der Waals surface area contributed by atoms with Crippen LogP contribution in [-0.4, -0.2) is 18.1 Å². The maximum Gasteiger partial charge on any atom is 0.145 e. The van der Waals surface area contributed by atoms with Gasteiger partial charge in [-0.25, -0.2) is 0 Å². The summed E-state index contributed by atoms with van der Waals surface area (Å²) in [5.41, 5.74) is 5.49. The number of aromatic nitrogens is 1. The summed E-state index contributed by atoms with van der Waals surface area (Å²) >= 11 is 1.78. The lowest BCUT2D eigenvalue weighted by Gasteiger charge is -2.20. The third-order valence-corrected chi connectivity index (χ3v) is 4.88. The summed E-state index contributed by atoms with van der Waals surface area (Å²) in [6.45, 7) is 2.79. The molecule has 4 heteroatoms. The molecule has 1 N–H and O–H groups in total. The first-order valence-electron chi connectivity index (χ1n) is 7.00. The average molecular weight is 284 g/mol. The van der Waals surface area contributed by atoms with E-state index in [2.05, 4.69) is 27.8 Å². The summed E-state index contributed by atoms with van der Waals surface area (Å²) in [5, 5.41) is 5.60. The molecule has 4 heterocycles. The van der Waals surface area contributed by atoms with Crippen LogP contribution in [0.1, 0.15) is 28.8 Å². The van der Waals surface area contributed by atoms with Crippen molar-refractivity contribution >= 4 is 16.9 Å². The first-order valence-corrected chi connectivity index (χ1v) is 7.88. The van der Waals surface area contributed by atoms with Gasteiger partial charge in [-0.15, -0.1) is 11.3 Å². The number of hydrogen-bond acceptors (Lipinski definition) is 4. The van der Waals surface area contributed by atoms with E-state index in [1.807, 2.05) is 12.4 Å². The van der Waals surface area contributed by atoms with Gasteiger partial charge in [-0.2, -0.15) is 0 Å². The van der Waals surface area contributed by atoms with Crippen LogP contribution < -0.4 is 10.1 Å². The topological polar surface area (TPSA) is 34.1 Å². The van der Waals surface area contributed by atoms with Crippen LogP contribution in [0.5, 0.6) is 5.75 Å². The number of ether oxygens (including phenoxy) is 1. The van der Waals surface area contributed by atoms with Gasteiger partial charge in [-0.3, -0.25) is 4.98 Å². The number of nitrogens with zero attached hydrogens (tertiary/aromatic N) is 1. The highest BCUT2D eigenvalue weighted by atomic mass is 32.1. The Kier molecular flexibility index (Phi) is 3.05. The van der Waals surface area contributed by atoms with Crippen molar-refractivity contribution in [1.29, 1.82) is 0 Å². The van der Waals surface area contributed by atoms with Gasteiger partial charge in [-0.1, -0.05) is 5.57 Å². The van der Waals surface area contributed by atoms with Crippen molar-refractivity contribution in [2.75, 3.05) is 13.1 Å². The van der Waals surface area contributed by atoms with Gasteiger partial charge >= 0.3 is 0 Å². The van der Waals surface area contributed by atoms with E-state index in [1.54, 1.807) is 16.9 Å². The molecule has 0 unspecified atom stereocenters. The normalized spacial score (nSPS) is 18.0. The maximum atomic E-state index is 5.95. The molecule has 1 saturated heterocycles. The van der Waals surface area contributed by atoms with E-state index in [0.717, 1.165) is 31.7 Å². The first kappa shape index (κ1) is 12.1. The molecule has 102 valence electrons. The van der Waals surface area contributed by atoms with Crippen LogP contribution in [-0.2, 0) is 6.61 Å². The van der Waals surface area contributed by atoms with E-state index < -0.39 is 0 Å². The van der Waals surface area contributed by atoms with Crippen LogP contribution >= 0.6 is 11.3 Å². The lowest BCUT2D eigenvalue weighted by atomic mass is 9.89. The van der Waals surface area contributed by atoms with Crippen molar-refractivity contribution in [3.05, 3.63) is 51.5 Å². The third-order valence-electron chi connectivity index (χ3n) is 3.99. The number of hydrogen-bond donors (Lipinski definition) is 1. The van der Waals surface area contributed by atoms with Crippen LogP contribution in [0.4, 0.5) is 0 Å². The van der Waals surface area contributed by atoms with Gasteiger partial charge in [0, 0.05) is 16.6 Å². The van der Waals surface area contributed by atoms with Crippen molar-refractivity contribution < 1.29 is 4.74 Å². The van der Waals surface area contributed by atoms with E-state index in [0.29, 0.717) is 6.61 Å². The summed E-state index contributed by atoms with van der Waals surface area (Å²) in [5.74, 6) is 0.914. The Morgan fingerprint density at radius 2 is 2.05 bits per heavy atom. The maximum absolute atomic E-state index is 5.95. The highest BCUT2D eigenvalue weighted by molar-refractivity contribution is 7.10. The van der Waals surface area contributed by atoms with E-state index >= 15 is 0 Å². The molecule has 2 aliphatic rings. The quantitative estimate of drug-likeness (QED) is 0.806. The van der Waals surface area contributed by atoms with Crippen LogP contribution in [0.3, 0.4) is 0 Å². The molecule has 0 amide bonds. The smallest absolute Gasteiger partial charge is 0.145 e. The van der Waals surface area contributed by atoms with Gasteiger partial charge < -0.3 is 10.1 Å². The van der Waals surface area contributed by atoms with Gasteiger partial charge in [0.05, 0.1) is 6.20 Å². The summed E-state index contributed by atoms with van der Waals surface area (Å²) in [6, 6.07) is 4.33. The third kappa shape index (κ3) is 1.96. The molecule has 3 nitrogen and oxygen atoms in total. The van der Waals surface area contributed by atoms with Crippen LogP contribution in [0.25, 0.3) is 5.57 Å². The zero-order valence-corrected chi connectivity index (χ0v) is 12.0. The first-order chi connectivity index (χ1) is 9.93. The van der Waals surface area contributed by atoms with Crippen LogP contribution in [0.2, 0.25) is 0 Å². The molecule has 0 bridgehead atoms. The second-order valence-corrected chi connectivity index (χ2v) is 6.15. The molecule has 0 saturated carbocycles. The van der Waals surface area contributed by atoms with Crippen molar-refractivity contribution in [1.82, 2.24) is 10.3 Å². The Morgan fingerprint density at radius 3 is 2.95 bits per heavy atom. The molecule has 0 aromatic carbocycles. The number of rotatable bonds is 0. The minimum Gasteiger partial charge on any atom is -0.486 e. The molecule has 0 spiro atoms. The molecule has 0 aliphatic carbocycles. The van der Waals surface area contributed by atoms with Crippen molar-refractivity contribution in [3.63, 3.8) is 0 Å². The molecule has 0 radical (unpaired) electrons. The SMILES string of the molecule is c1cc2c(cn1)OCc1sccc1C2=C1CCNCC1. The average Bonchev–Trinajstić information content (AvgIpc) is 2.90. The Hall–Kier alpha value is -1.65. The number of pyridine rings is 1. The summed E-state index contributed by atoms with van der Waals surface area (Å²) in [4.78, 5) is 5.53. The fourth-order valence-corrected chi connectivity index (χ4v) is 3.82. The van der Waals surface area contributed by atoms with E-state index in [9.17, 15) is 0 Å². The van der Waals surface area contributed by atoms with Crippen LogP contribution in [0, 0.1) is 0 Å². The molecule has 20 heavy (non-hydrogen) atoms. The minimum atomic E-state index is 0.653. The molecule has 0 atom stereocenters. The second-order valence-electron chi connectivity index (χ2n) is 5.15. The summed E-state index contributed by atoms with van der Waals surface area (Å²) < 4.78 is 5.95. The number of piperidine rings is 1. The van der Waals surface area contributed by atoms with Crippen molar-refractivity contribution in [2.24, 2.45) is 0 Å². The Labute approximate surface area is 122 Å². The molecule has 2 aromatic rings. The predicted molar refractivity (Wildman–Crippen MR) is 81.0 cm³/mol. The summed E-state index contributed by atoms with van der Waals surface area (Å²) in [7, 11) is 0. The highest BCUT2D eigenvalue weighted by Gasteiger charge is 2.23. The lowest BCUT2D eigenvalue weighted by Crippen LogP contribution is -2.23. The molecule has 4 rings (SSSR count). The van der Waals surface area contributed by atoms with Gasteiger partial charge in [0.15, 0.2) is 0 Å². The van der Waals surface area contributed by atoms with Crippen molar-refractivity contribution in [3.8, 4) is 5.75 Å². The highest BCUT2D eigenvalue weighted by Crippen LogP contribution is 2.41.